The molecule has 1 N–H and O–H groups in total. The summed E-state index contributed by atoms with van der Waals surface area (Å²) < 4.78 is 0. The van der Waals surface area contributed by atoms with Crippen LogP contribution in [0, 0.1) is 10.1 Å². The van der Waals surface area contributed by atoms with Gasteiger partial charge in [0, 0.05) is 24.8 Å². The van der Waals surface area contributed by atoms with Crippen molar-refractivity contribution in [1.82, 2.24) is 5.32 Å². The second kappa shape index (κ2) is 4.14. The van der Waals surface area contributed by atoms with Gasteiger partial charge in [0.25, 0.3) is 5.69 Å². The second-order valence-electron chi connectivity index (χ2n) is 3.51. The van der Waals surface area contributed by atoms with E-state index >= 15 is 0 Å². The van der Waals surface area contributed by atoms with Crippen LogP contribution in [0.3, 0.4) is 0 Å². The van der Waals surface area contributed by atoms with Gasteiger partial charge < -0.3 is 5.32 Å². The highest BCUT2D eigenvalue weighted by molar-refractivity contribution is 5.96. The zero-order valence-corrected chi connectivity index (χ0v) is 8.47. The topological polar surface area (TPSA) is 72.2 Å². The first-order chi connectivity index (χ1) is 7.66. The lowest BCUT2D eigenvalue weighted by Crippen LogP contribution is -2.26. The fourth-order valence-electron chi connectivity index (χ4n) is 1.63. The molecule has 0 saturated carbocycles. The third-order valence-corrected chi connectivity index (χ3v) is 2.45. The molecule has 0 aliphatic carbocycles. The monoisotopic (exact) mass is 218 g/mol. The van der Waals surface area contributed by atoms with Crippen molar-refractivity contribution in [2.75, 3.05) is 6.54 Å². The fourth-order valence-corrected chi connectivity index (χ4v) is 1.63. The SMILES string of the molecule is O=C1C=C(c2ccc([N+](=O)[O-])cc2)CCN1. The molecule has 1 aliphatic rings. The Morgan fingerprint density at radius 1 is 1.25 bits per heavy atom. The summed E-state index contributed by atoms with van der Waals surface area (Å²) in [6, 6.07) is 6.23. The lowest BCUT2D eigenvalue weighted by molar-refractivity contribution is -0.384. The van der Waals surface area contributed by atoms with Crippen molar-refractivity contribution in [3.63, 3.8) is 0 Å². The van der Waals surface area contributed by atoms with Gasteiger partial charge in [-0.05, 0) is 29.7 Å². The minimum absolute atomic E-state index is 0.0598. The number of nitro benzene ring substituents is 1. The van der Waals surface area contributed by atoms with Crippen LogP contribution in [-0.4, -0.2) is 17.4 Å². The summed E-state index contributed by atoms with van der Waals surface area (Å²) in [6.07, 6.45) is 2.29. The average Bonchev–Trinajstić information content (AvgIpc) is 2.29. The summed E-state index contributed by atoms with van der Waals surface area (Å²) in [5.41, 5.74) is 1.84. The summed E-state index contributed by atoms with van der Waals surface area (Å²) in [5.74, 6) is -0.111. The van der Waals surface area contributed by atoms with Crippen LogP contribution in [0.5, 0.6) is 0 Å². The Kier molecular flexibility index (Phi) is 2.68. The van der Waals surface area contributed by atoms with Crippen molar-refractivity contribution in [3.05, 3.63) is 46.0 Å². The van der Waals surface area contributed by atoms with Crippen LogP contribution in [-0.2, 0) is 4.79 Å². The molecular formula is C11H10N2O3. The number of nitro groups is 1. The van der Waals surface area contributed by atoms with Crippen molar-refractivity contribution in [3.8, 4) is 0 Å². The zero-order chi connectivity index (χ0) is 11.5. The van der Waals surface area contributed by atoms with E-state index in [-0.39, 0.29) is 11.6 Å². The fraction of sp³-hybridized carbons (Fsp3) is 0.182. The molecule has 1 aromatic rings. The first kappa shape index (κ1) is 10.4. The minimum Gasteiger partial charge on any atom is -0.352 e. The predicted octanol–water partition coefficient (Wildman–Crippen LogP) is 1.50. The Labute approximate surface area is 91.9 Å². The van der Waals surface area contributed by atoms with Crippen molar-refractivity contribution in [1.29, 1.82) is 0 Å². The first-order valence-corrected chi connectivity index (χ1v) is 4.90. The predicted molar refractivity (Wildman–Crippen MR) is 58.7 cm³/mol. The first-order valence-electron chi connectivity index (χ1n) is 4.90. The molecule has 0 atom stereocenters. The number of nitrogens with zero attached hydrogens (tertiary/aromatic N) is 1. The molecule has 1 heterocycles. The standard InChI is InChI=1S/C11H10N2O3/c14-11-7-9(5-6-12-11)8-1-3-10(4-2-8)13(15)16/h1-4,7H,5-6H2,(H,12,14). The van der Waals surface area contributed by atoms with E-state index in [4.69, 9.17) is 0 Å². The van der Waals surface area contributed by atoms with E-state index in [9.17, 15) is 14.9 Å². The summed E-state index contributed by atoms with van der Waals surface area (Å²) in [4.78, 5) is 21.2. The number of rotatable bonds is 2. The van der Waals surface area contributed by atoms with Gasteiger partial charge in [-0.25, -0.2) is 0 Å². The lowest BCUT2D eigenvalue weighted by Gasteiger charge is -2.13. The van der Waals surface area contributed by atoms with Crippen LogP contribution in [0.2, 0.25) is 0 Å². The van der Waals surface area contributed by atoms with Gasteiger partial charge in [-0.2, -0.15) is 0 Å². The number of amides is 1. The molecule has 5 nitrogen and oxygen atoms in total. The van der Waals surface area contributed by atoms with E-state index in [0.29, 0.717) is 6.54 Å². The average molecular weight is 218 g/mol. The van der Waals surface area contributed by atoms with Gasteiger partial charge in [-0.1, -0.05) is 0 Å². The molecule has 16 heavy (non-hydrogen) atoms. The Balaban J connectivity index is 2.28. The van der Waals surface area contributed by atoms with E-state index < -0.39 is 4.92 Å². The van der Waals surface area contributed by atoms with Crippen molar-refractivity contribution in [2.24, 2.45) is 0 Å². The maximum atomic E-state index is 11.1. The molecule has 0 aromatic heterocycles. The zero-order valence-electron chi connectivity index (χ0n) is 8.47. The Bertz CT molecular complexity index is 463. The van der Waals surface area contributed by atoms with Crippen molar-refractivity contribution < 1.29 is 9.72 Å². The van der Waals surface area contributed by atoms with E-state index in [1.807, 2.05) is 0 Å². The molecule has 5 heteroatoms. The molecule has 1 aliphatic heterocycles. The molecule has 0 radical (unpaired) electrons. The summed E-state index contributed by atoms with van der Waals surface area (Å²) in [5, 5.41) is 13.2. The maximum Gasteiger partial charge on any atom is 0.269 e. The van der Waals surface area contributed by atoms with Crippen LogP contribution in [0.1, 0.15) is 12.0 Å². The van der Waals surface area contributed by atoms with Crippen molar-refractivity contribution in [2.45, 2.75) is 6.42 Å². The molecule has 0 unspecified atom stereocenters. The number of carbonyl (C=O) groups excluding carboxylic acids is 1. The summed E-state index contributed by atoms with van der Waals surface area (Å²) >= 11 is 0. The van der Waals surface area contributed by atoms with Crippen LogP contribution < -0.4 is 5.32 Å². The van der Waals surface area contributed by atoms with Crippen LogP contribution in [0.25, 0.3) is 5.57 Å². The smallest absolute Gasteiger partial charge is 0.269 e. The van der Waals surface area contributed by atoms with Crippen LogP contribution in [0.15, 0.2) is 30.3 Å². The van der Waals surface area contributed by atoms with E-state index in [1.165, 1.54) is 18.2 Å². The van der Waals surface area contributed by atoms with Crippen molar-refractivity contribution >= 4 is 17.2 Å². The van der Waals surface area contributed by atoms with Crippen LogP contribution >= 0.6 is 0 Å². The van der Waals surface area contributed by atoms with E-state index in [2.05, 4.69) is 5.32 Å². The number of non-ortho nitro benzene ring substituents is 1. The molecule has 1 amide bonds. The summed E-state index contributed by atoms with van der Waals surface area (Å²) in [7, 11) is 0. The highest BCUT2D eigenvalue weighted by atomic mass is 16.6. The van der Waals surface area contributed by atoms with Gasteiger partial charge in [-0.15, -0.1) is 0 Å². The molecule has 0 saturated heterocycles. The molecular weight excluding hydrogens is 208 g/mol. The maximum absolute atomic E-state index is 11.1. The summed E-state index contributed by atoms with van der Waals surface area (Å²) in [6.45, 7) is 0.613. The van der Waals surface area contributed by atoms with Crippen LogP contribution in [0.4, 0.5) is 5.69 Å². The Morgan fingerprint density at radius 2 is 1.94 bits per heavy atom. The Hall–Kier alpha value is -2.17. The van der Waals surface area contributed by atoms with Gasteiger partial charge in [0.15, 0.2) is 0 Å². The number of nitrogens with one attached hydrogen (secondary N) is 1. The molecule has 1 aromatic carbocycles. The number of benzene rings is 1. The molecule has 0 fully saturated rings. The largest absolute Gasteiger partial charge is 0.352 e. The van der Waals surface area contributed by atoms with E-state index in [0.717, 1.165) is 17.6 Å². The van der Waals surface area contributed by atoms with Gasteiger partial charge in [0.2, 0.25) is 5.91 Å². The minimum atomic E-state index is -0.439. The number of hydrogen-bond donors (Lipinski definition) is 1. The highest BCUT2D eigenvalue weighted by Gasteiger charge is 2.11. The number of hydrogen-bond acceptors (Lipinski definition) is 3. The Morgan fingerprint density at radius 3 is 2.50 bits per heavy atom. The van der Waals surface area contributed by atoms with Gasteiger partial charge in [-0.3, -0.25) is 14.9 Å². The van der Waals surface area contributed by atoms with Gasteiger partial charge in [0.05, 0.1) is 4.92 Å². The highest BCUT2D eigenvalue weighted by Crippen LogP contribution is 2.22. The molecule has 0 spiro atoms. The second-order valence-corrected chi connectivity index (χ2v) is 3.51. The van der Waals surface area contributed by atoms with Gasteiger partial charge in [0.1, 0.15) is 0 Å². The molecule has 82 valence electrons. The number of carbonyl (C=O) groups is 1. The van der Waals surface area contributed by atoms with E-state index in [1.54, 1.807) is 12.1 Å². The quantitative estimate of drug-likeness (QED) is 0.603. The molecule has 0 bridgehead atoms. The normalized spacial score (nSPS) is 15.2. The lowest BCUT2D eigenvalue weighted by atomic mass is 10.00. The molecule has 2 rings (SSSR count). The third-order valence-electron chi connectivity index (χ3n) is 2.45. The van der Waals surface area contributed by atoms with Gasteiger partial charge >= 0.3 is 0 Å². The third kappa shape index (κ3) is 2.08.